The van der Waals surface area contributed by atoms with Gasteiger partial charge in [-0.15, -0.1) is 0 Å². The zero-order valence-electron chi connectivity index (χ0n) is 55.2. The van der Waals surface area contributed by atoms with Crippen molar-refractivity contribution in [2.75, 3.05) is 26.6 Å². The molecule has 12 aliphatic rings. The number of allylic oxidation sites excluding steroid dienone is 12. The number of rotatable bonds is 14. The van der Waals surface area contributed by atoms with Gasteiger partial charge in [0.15, 0.2) is 0 Å². The average Bonchev–Trinajstić information content (AvgIpc) is 3.62. The second-order valence-corrected chi connectivity index (χ2v) is 22.8. The molecular formula is C69H82K12O4-12. The molecule has 0 aliphatic heterocycles. The van der Waals surface area contributed by atoms with Crippen LogP contribution in [0.1, 0.15) is 64.2 Å². The van der Waals surface area contributed by atoms with Crippen molar-refractivity contribution in [3.05, 3.63) is 227 Å². The van der Waals surface area contributed by atoms with Crippen molar-refractivity contribution in [3.8, 4) is 0 Å². The summed E-state index contributed by atoms with van der Waals surface area (Å²) in [5, 5.41) is 0. The van der Waals surface area contributed by atoms with Gasteiger partial charge in [0.05, 0.1) is 6.61 Å². The SMILES string of the molecule is C1=C[CH-]C2[CH-]C(CCCC3[CH-]C4[CH-]C=C[CH-]C4[CH-]C3)C[CH-]C2[CH-]1.C1=C[CH-]C2[CH-]C(COCOCC3[CH-]C4[CH-]C=C[CH-]C4[CH-]C3)C[CH-]C2[CH-]1.O=C(CC1[CH-]C2[CH-]C=C[CH-]C2[CH-]C1)OCC1[CH-]C2[CH-]C=C[CH-]C2[CH-]C1.[K+].[K+].[K+].[K+].[K+].[K+].[K+].[K+].[K+].[K+].[K+].[K+]. The van der Waals surface area contributed by atoms with E-state index in [4.69, 9.17) is 14.2 Å². The van der Waals surface area contributed by atoms with E-state index in [1.165, 1.54) is 32.1 Å². The number of hydrogen-bond donors (Lipinski definition) is 0. The van der Waals surface area contributed by atoms with Crippen molar-refractivity contribution < 1.29 is 636 Å². The maximum atomic E-state index is 12.3. The minimum absolute atomic E-state index is 0. The Kier molecular flexibility index (Phi) is 76.2. The average molecular weight is 1440 g/mol. The molecule has 0 amide bonds. The van der Waals surface area contributed by atoms with E-state index in [9.17, 15) is 4.79 Å². The van der Waals surface area contributed by atoms with E-state index < -0.39 is 0 Å². The van der Waals surface area contributed by atoms with Crippen molar-refractivity contribution in [2.24, 2.45) is 107 Å². The molecule has 12 aliphatic carbocycles. The van der Waals surface area contributed by atoms with E-state index >= 15 is 0 Å². The standard InChI is InChI=1S/C23H28O2.C23H26O2.C23H28.12K/c1-3-7-22-13-18(9-11-20(22)5-1)15-24-17-25-16-19-10-12-21-6-2-4-8-23(21)14-19;24-23(15-17-9-11-19-5-1-3-7-21(19)13-17)25-16-18-10-12-20-6-2-4-8-22(20)14-18;1-3-10-22-16-18(12-14-20(22)8-1)6-5-7-19-13-15-21-9-2-4-11-23(21)17-19;;;;;;;;;;;;/h1-8,11-14,18-23H,9-10,15-17H2;1-8,11-14,17-22H,9-10,15-16H2;1-4,8-11,14-23H,5-7,12-13H2;;;;;;;;;;;;/q3*-8;12*+1. The van der Waals surface area contributed by atoms with Gasteiger partial charge in [0, 0.05) is 19.6 Å². The third-order valence-electron chi connectivity index (χ3n) is 17.4. The zero-order chi connectivity index (χ0) is 49.4. The topological polar surface area (TPSA) is 44.8 Å². The van der Waals surface area contributed by atoms with Gasteiger partial charge in [-0.25, -0.2) is 38.5 Å². The molecule has 18 unspecified atom stereocenters. The van der Waals surface area contributed by atoms with Crippen LogP contribution in [0.3, 0.4) is 0 Å². The molecule has 0 saturated heterocycles. The van der Waals surface area contributed by atoms with Crippen molar-refractivity contribution in [1.82, 2.24) is 0 Å². The largest absolute Gasteiger partial charge is 1.00 e. The van der Waals surface area contributed by atoms with E-state index in [1.54, 1.807) is 0 Å². The molecule has 12 rings (SSSR count). The Morgan fingerprint density at radius 2 is 0.518 bits per heavy atom. The summed E-state index contributed by atoms with van der Waals surface area (Å²) in [5.74, 6) is 10.1. The number of ether oxygens (including phenoxy) is 3. The van der Waals surface area contributed by atoms with Crippen LogP contribution in [-0.2, 0) is 19.0 Å². The summed E-state index contributed by atoms with van der Waals surface area (Å²) < 4.78 is 17.2. The molecule has 4 nitrogen and oxygen atoms in total. The summed E-state index contributed by atoms with van der Waals surface area (Å²) >= 11 is 0. The Hall–Kier alpha value is 15.9. The van der Waals surface area contributed by atoms with Gasteiger partial charge in [0.25, 0.3) is 0 Å². The van der Waals surface area contributed by atoms with Crippen molar-refractivity contribution in [2.45, 2.75) is 64.2 Å². The molecule has 0 radical (unpaired) electrons. The van der Waals surface area contributed by atoms with E-state index in [2.05, 4.69) is 227 Å². The van der Waals surface area contributed by atoms with Crippen LogP contribution < -0.4 is 617 Å². The van der Waals surface area contributed by atoms with Gasteiger partial charge in [0.2, 0.25) is 0 Å². The molecule has 85 heavy (non-hydrogen) atoms. The first-order chi connectivity index (χ1) is 36.0. The third-order valence-corrected chi connectivity index (χ3v) is 17.4. The number of carbonyl (C=O) groups is 1. The van der Waals surface area contributed by atoms with E-state index in [0.29, 0.717) is 115 Å². The summed E-state index contributed by atoms with van der Waals surface area (Å²) in [7, 11) is 0. The van der Waals surface area contributed by atoms with Crippen LogP contribution >= 0.6 is 0 Å². The first-order valence-corrected chi connectivity index (χ1v) is 28.6. The normalized spacial score (nSPS) is 34.2. The van der Waals surface area contributed by atoms with Gasteiger partial charge in [-0.1, -0.05) is 19.3 Å². The quantitative estimate of drug-likeness (QED) is 0.0572. The van der Waals surface area contributed by atoms with Crippen LogP contribution in [0.15, 0.2) is 72.9 Å². The van der Waals surface area contributed by atoms with Crippen LogP contribution in [0.25, 0.3) is 0 Å². The Morgan fingerprint density at radius 3 is 0.812 bits per heavy atom. The van der Waals surface area contributed by atoms with Crippen LogP contribution in [0.2, 0.25) is 0 Å². The van der Waals surface area contributed by atoms with Crippen molar-refractivity contribution >= 4 is 5.97 Å². The summed E-state index contributed by atoms with van der Waals surface area (Å²) in [6, 6.07) is 0. The number of fused-ring (bicyclic) bond motifs is 6. The fourth-order valence-electron chi connectivity index (χ4n) is 13.3. The van der Waals surface area contributed by atoms with Gasteiger partial charge in [-0.2, -0.15) is 35.5 Å². The molecule has 406 valence electrons. The Balaban J connectivity index is -0.00000111. The van der Waals surface area contributed by atoms with E-state index in [0.717, 1.165) is 50.7 Å². The minimum atomic E-state index is -0.0574. The predicted molar refractivity (Wildman–Crippen MR) is 295 cm³/mol. The van der Waals surface area contributed by atoms with Crippen LogP contribution in [-0.4, -0.2) is 32.6 Å². The molecule has 16 heteroatoms. The van der Waals surface area contributed by atoms with Gasteiger partial charge in [-0.3, -0.25) is 75.8 Å². The Morgan fingerprint density at radius 1 is 0.294 bits per heavy atom. The maximum Gasteiger partial charge on any atom is 1.00 e. The van der Waals surface area contributed by atoms with Gasteiger partial charge in [-0.05, 0) is 0 Å². The molecule has 0 heterocycles. The summed E-state index contributed by atoms with van der Waals surface area (Å²) in [6.45, 7) is 2.44. The van der Waals surface area contributed by atoms with E-state index in [1.807, 2.05) is 0 Å². The smallest absolute Gasteiger partial charge is 0.468 e. The zero-order valence-corrected chi connectivity index (χ0v) is 92.7. The molecule has 18 atom stereocenters. The molecule has 0 N–H and O–H groups in total. The fraction of sp³-hybridized carbons (Fsp3) is 0.464. The molecular weight excluding hydrogens is 1360 g/mol. The Bertz CT molecular complexity index is 1810. The number of hydrogen-bond acceptors (Lipinski definition) is 4. The molecule has 6 saturated carbocycles. The monoisotopic (exact) mass is 1440 g/mol. The molecule has 0 aromatic rings. The minimum Gasteiger partial charge on any atom is -0.468 e. The van der Waals surface area contributed by atoms with E-state index in [-0.39, 0.29) is 623 Å². The molecule has 0 spiro atoms. The molecule has 0 aromatic heterocycles. The molecule has 6 fully saturated rings. The summed E-state index contributed by atoms with van der Waals surface area (Å²) in [6.07, 6.45) is 94.2. The summed E-state index contributed by atoms with van der Waals surface area (Å²) in [4.78, 5) is 12.3. The van der Waals surface area contributed by atoms with Crippen LogP contribution in [0.5, 0.6) is 0 Å². The maximum absolute atomic E-state index is 12.3. The van der Waals surface area contributed by atoms with Gasteiger partial charge >= 0.3 is 623 Å². The molecule has 0 aromatic carbocycles. The number of carbonyl (C=O) groups excluding carboxylic acids is 1. The third kappa shape index (κ3) is 37.9. The Labute approximate surface area is 1030 Å². The first-order valence-electron chi connectivity index (χ1n) is 28.6. The van der Waals surface area contributed by atoms with Gasteiger partial charge in [0.1, 0.15) is 6.79 Å². The molecule has 0 bridgehead atoms. The second-order valence-electron chi connectivity index (χ2n) is 22.8. The van der Waals surface area contributed by atoms with Gasteiger partial charge < -0.3 is 241 Å². The summed E-state index contributed by atoms with van der Waals surface area (Å²) in [5.41, 5.74) is 0. The van der Waals surface area contributed by atoms with Crippen LogP contribution in [0.4, 0.5) is 0 Å². The second kappa shape index (κ2) is 61.7. The van der Waals surface area contributed by atoms with Crippen molar-refractivity contribution in [1.29, 1.82) is 0 Å². The van der Waals surface area contributed by atoms with Crippen LogP contribution in [0, 0.1) is 261 Å². The van der Waals surface area contributed by atoms with Crippen molar-refractivity contribution in [3.63, 3.8) is 0 Å². The number of esters is 1. The predicted octanol–water partition coefficient (Wildman–Crippen LogP) is -22.1. The fourth-order valence-corrected chi connectivity index (χ4v) is 13.3. The first kappa shape index (κ1) is 105.